The zero-order chi connectivity index (χ0) is 14.6. The Morgan fingerprint density at radius 1 is 1.43 bits per heavy atom. The number of nitrogens with zero attached hydrogens (tertiary/aromatic N) is 2. The first-order chi connectivity index (χ1) is 10.1. The molecule has 1 saturated carbocycles. The van der Waals surface area contributed by atoms with Crippen molar-refractivity contribution in [1.29, 1.82) is 0 Å². The van der Waals surface area contributed by atoms with Crippen molar-refractivity contribution in [3.63, 3.8) is 0 Å². The van der Waals surface area contributed by atoms with Crippen molar-refractivity contribution in [3.05, 3.63) is 50.2 Å². The molecule has 3 aromatic heterocycles. The van der Waals surface area contributed by atoms with Gasteiger partial charge >= 0.3 is 0 Å². The average Bonchev–Trinajstić information content (AvgIpc) is 3.19. The Labute approximate surface area is 124 Å². The quantitative estimate of drug-likeness (QED) is 0.704. The number of nitrogens with one attached hydrogen (secondary N) is 2. The summed E-state index contributed by atoms with van der Waals surface area (Å²) in [5, 5.41) is 2.05. The van der Waals surface area contributed by atoms with Crippen molar-refractivity contribution in [3.8, 4) is 0 Å². The third kappa shape index (κ3) is 2.01. The molecule has 6 heteroatoms. The van der Waals surface area contributed by atoms with E-state index in [1.54, 1.807) is 17.8 Å². The van der Waals surface area contributed by atoms with E-state index in [2.05, 4.69) is 15.0 Å². The molecule has 1 fully saturated rings. The smallest absolute Gasteiger partial charge is 0.275 e. The van der Waals surface area contributed by atoms with Gasteiger partial charge in [0.15, 0.2) is 0 Å². The molecule has 0 spiro atoms. The Morgan fingerprint density at radius 2 is 2.24 bits per heavy atom. The number of halogens is 1. The highest BCUT2D eigenvalue weighted by Gasteiger charge is 2.15. The van der Waals surface area contributed by atoms with Gasteiger partial charge in [0.25, 0.3) is 5.56 Å². The third-order valence-corrected chi connectivity index (χ3v) is 3.99. The molecule has 0 aromatic carbocycles. The monoisotopic (exact) mass is 300 g/mol. The van der Waals surface area contributed by atoms with Gasteiger partial charge in [-0.1, -0.05) is 11.6 Å². The highest BCUT2D eigenvalue weighted by Crippen LogP contribution is 2.26. The van der Waals surface area contributed by atoms with Crippen LogP contribution in [0.4, 0.5) is 0 Å². The van der Waals surface area contributed by atoms with E-state index in [-0.39, 0.29) is 5.56 Å². The fraction of sp³-hybridized carbons (Fsp3) is 0.200. The SMILES string of the molecule is Cn1c(=C2CC2)[nH]/c(=C\c2c[nH]c3ncc(Cl)cc23)c1=O. The van der Waals surface area contributed by atoms with Gasteiger partial charge in [0.2, 0.25) is 0 Å². The van der Waals surface area contributed by atoms with Crippen LogP contribution in [0, 0.1) is 0 Å². The molecule has 0 saturated heterocycles. The maximum atomic E-state index is 12.3. The standard InChI is InChI=1S/C15H13ClN4O/c1-20-14(8-2-3-8)19-12(15(20)21)4-9-6-17-13-11(9)5-10(16)7-18-13/h4-7,19H,2-3H2,1H3,(H,17,18)/b12-4-. The summed E-state index contributed by atoms with van der Waals surface area (Å²) in [4.78, 5) is 22.8. The van der Waals surface area contributed by atoms with Crippen molar-refractivity contribution in [2.24, 2.45) is 7.05 Å². The van der Waals surface area contributed by atoms with E-state index in [1.165, 1.54) is 5.57 Å². The highest BCUT2D eigenvalue weighted by molar-refractivity contribution is 6.31. The van der Waals surface area contributed by atoms with Crippen LogP contribution in [0.3, 0.4) is 0 Å². The van der Waals surface area contributed by atoms with E-state index in [0.29, 0.717) is 10.4 Å². The molecule has 0 aliphatic heterocycles. The summed E-state index contributed by atoms with van der Waals surface area (Å²) in [6.07, 6.45) is 7.41. The molecule has 106 valence electrons. The summed E-state index contributed by atoms with van der Waals surface area (Å²) < 4.78 is 1.67. The number of aromatic nitrogens is 4. The van der Waals surface area contributed by atoms with Crippen LogP contribution in [0.1, 0.15) is 18.4 Å². The van der Waals surface area contributed by atoms with Crippen LogP contribution < -0.4 is 16.4 Å². The molecule has 1 aliphatic carbocycles. The first-order valence-corrected chi connectivity index (χ1v) is 7.13. The second-order valence-electron chi connectivity index (χ2n) is 5.29. The summed E-state index contributed by atoms with van der Waals surface area (Å²) in [6.45, 7) is 0. The molecule has 21 heavy (non-hydrogen) atoms. The number of hydrogen-bond donors (Lipinski definition) is 2. The molecule has 5 nitrogen and oxygen atoms in total. The van der Waals surface area contributed by atoms with Gasteiger partial charge in [-0.2, -0.15) is 0 Å². The summed E-state index contributed by atoms with van der Waals surface area (Å²) in [5.41, 5.74) is 3.87. The van der Waals surface area contributed by atoms with Crippen molar-refractivity contribution < 1.29 is 0 Å². The number of hydrogen-bond acceptors (Lipinski definition) is 2. The maximum Gasteiger partial charge on any atom is 0.275 e. The lowest BCUT2D eigenvalue weighted by Gasteiger charge is -1.91. The fourth-order valence-corrected chi connectivity index (χ4v) is 2.70. The van der Waals surface area contributed by atoms with Crippen LogP contribution in [-0.2, 0) is 7.05 Å². The lowest BCUT2D eigenvalue weighted by molar-refractivity contribution is 0.835. The molecular weight excluding hydrogens is 288 g/mol. The van der Waals surface area contributed by atoms with Crippen LogP contribution >= 0.6 is 11.6 Å². The lowest BCUT2D eigenvalue weighted by atomic mass is 10.2. The molecule has 0 amide bonds. The molecule has 0 unspecified atom stereocenters. The molecule has 1 aliphatic rings. The van der Waals surface area contributed by atoms with Gasteiger partial charge < -0.3 is 9.97 Å². The Balaban J connectivity index is 1.99. The molecular formula is C15H13ClN4O. The van der Waals surface area contributed by atoms with E-state index in [0.717, 1.165) is 34.9 Å². The van der Waals surface area contributed by atoms with Crippen molar-refractivity contribution in [1.82, 2.24) is 19.5 Å². The molecule has 0 bridgehead atoms. The molecule has 3 aromatic rings. The first kappa shape index (κ1) is 12.5. The first-order valence-electron chi connectivity index (χ1n) is 6.75. The Morgan fingerprint density at radius 3 is 3.00 bits per heavy atom. The van der Waals surface area contributed by atoms with Gasteiger partial charge in [-0.15, -0.1) is 0 Å². The summed E-state index contributed by atoms with van der Waals surface area (Å²) in [5.74, 6) is 0. The van der Waals surface area contributed by atoms with Gasteiger partial charge in [-0.05, 0) is 30.6 Å². The van der Waals surface area contributed by atoms with E-state index in [9.17, 15) is 4.79 Å². The average molecular weight is 301 g/mol. The zero-order valence-electron chi connectivity index (χ0n) is 11.4. The molecule has 2 N–H and O–H groups in total. The second kappa shape index (κ2) is 4.36. The largest absolute Gasteiger partial charge is 0.346 e. The van der Waals surface area contributed by atoms with Gasteiger partial charge in [0, 0.05) is 30.4 Å². The van der Waals surface area contributed by atoms with E-state index in [4.69, 9.17) is 11.6 Å². The molecule has 0 atom stereocenters. The van der Waals surface area contributed by atoms with Gasteiger partial charge in [0.1, 0.15) is 16.5 Å². The van der Waals surface area contributed by atoms with Crippen LogP contribution in [0.5, 0.6) is 0 Å². The van der Waals surface area contributed by atoms with E-state index >= 15 is 0 Å². The van der Waals surface area contributed by atoms with Gasteiger partial charge in [-0.25, -0.2) is 4.98 Å². The van der Waals surface area contributed by atoms with Gasteiger partial charge in [-0.3, -0.25) is 9.36 Å². The molecule has 0 radical (unpaired) electrons. The van der Waals surface area contributed by atoms with Crippen molar-refractivity contribution in [2.75, 3.05) is 0 Å². The van der Waals surface area contributed by atoms with Crippen molar-refractivity contribution >= 4 is 34.3 Å². The number of fused-ring (bicyclic) bond motifs is 1. The van der Waals surface area contributed by atoms with E-state index < -0.39 is 0 Å². The van der Waals surface area contributed by atoms with Gasteiger partial charge in [0.05, 0.1) is 5.02 Å². The molecule has 3 heterocycles. The predicted octanol–water partition coefficient (Wildman–Crippen LogP) is 1.02. The maximum absolute atomic E-state index is 12.3. The van der Waals surface area contributed by atoms with Crippen LogP contribution in [-0.4, -0.2) is 19.5 Å². The number of rotatable bonds is 1. The van der Waals surface area contributed by atoms with Crippen molar-refractivity contribution in [2.45, 2.75) is 12.8 Å². The Kier molecular flexibility index (Phi) is 2.59. The number of pyridine rings is 1. The lowest BCUT2D eigenvalue weighted by Crippen LogP contribution is -2.28. The second-order valence-corrected chi connectivity index (χ2v) is 5.73. The third-order valence-electron chi connectivity index (χ3n) is 3.79. The Bertz CT molecular complexity index is 1030. The summed E-state index contributed by atoms with van der Waals surface area (Å²) in [6, 6.07) is 1.84. The van der Waals surface area contributed by atoms with Crippen LogP contribution in [0.15, 0.2) is 23.3 Å². The summed E-state index contributed by atoms with van der Waals surface area (Å²) >= 11 is 5.99. The van der Waals surface area contributed by atoms with Crippen LogP contribution in [0.25, 0.3) is 22.7 Å². The fourth-order valence-electron chi connectivity index (χ4n) is 2.54. The zero-order valence-corrected chi connectivity index (χ0v) is 12.2. The minimum Gasteiger partial charge on any atom is -0.346 e. The predicted molar refractivity (Wildman–Crippen MR) is 82.6 cm³/mol. The molecule has 4 rings (SSSR count). The van der Waals surface area contributed by atoms with Crippen LogP contribution in [0.2, 0.25) is 5.02 Å². The normalized spacial score (nSPS) is 15.1. The minimum atomic E-state index is -0.0197. The Hall–Kier alpha value is -2.27. The number of imidazole rings is 1. The number of H-pyrrole nitrogens is 2. The minimum absolute atomic E-state index is 0.0197. The summed E-state index contributed by atoms with van der Waals surface area (Å²) in [7, 11) is 1.80. The van der Waals surface area contributed by atoms with E-state index in [1.807, 2.05) is 18.3 Å². The topological polar surface area (TPSA) is 66.5 Å². The highest BCUT2D eigenvalue weighted by atomic mass is 35.5. The number of aromatic amines is 2.